The topological polar surface area (TPSA) is 52.3 Å². The molecule has 1 amide bonds. The van der Waals surface area contributed by atoms with Gasteiger partial charge in [0.25, 0.3) is 5.91 Å². The third kappa shape index (κ3) is 2.05. The van der Waals surface area contributed by atoms with Crippen LogP contribution in [0.25, 0.3) is 0 Å². The molecule has 0 aromatic heterocycles. The maximum Gasteiger partial charge on any atom is 0.252 e. The van der Waals surface area contributed by atoms with Crippen molar-refractivity contribution in [1.29, 1.82) is 0 Å². The number of nitrogens with two attached hydrogens (primary N) is 1. The van der Waals surface area contributed by atoms with E-state index in [2.05, 4.69) is 0 Å². The third-order valence-electron chi connectivity index (χ3n) is 1.97. The summed E-state index contributed by atoms with van der Waals surface area (Å²) < 4.78 is 5.38. The van der Waals surface area contributed by atoms with Gasteiger partial charge < -0.3 is 10.5 Å². The van der Waals surface area contributed by atoms with E-state index in [0.717, 1.165) is 11.1 Å². The van der Waals surface area contributed by atoms with Gasteiger partial charge in [-0.1, -0.05) is 6.07 Å². The van der Waals surface area contributed by atoms with Crippen molar-refractivity contribution in [2.24, 2.45) is 5.73 Å². The average molecular weight is 193 g/mol. The zero-order valence-corrected chi connectivity index (χ0v) is 8.76. The lowest BCUT2D eigenvalue weighted by molar-refractivity contribution is 0.0996. The van der Waals surface area contributed by atoms with Crippen LogP contribution in [0.5, 0.6) is 5.75 Å². The van der Waals surface area contributed by atoms with Gasteiger partial charge in [-0.15, -0.1) is 0 Å². The molecule has 0 spiro atoms. The maximum absolute atomic E-state index is 11.1. The Morgan fingerprint density at radius 2 is 2.07 bits per heavy atom. The number of benzene rings is 1. The number of hydrogen-bond donors (Lipinski definition) is 1. The summed E-state index contributed by atoms with van der Waals surface area (Å²) in [6.45, 7) is 6.24. The van der Waals surface area contributed by atoms with Crippen molar-refractivity contribution >= 4 is 5.91 Å². The molecule has 0 unspecified atom stereocenters. The van der Waals surface area contributed by atoms with Gasteiger partial charge in [0, 0.05) is 0 Å². The first-order valence-electron chi connectivity index (χ1n) is 4.60. The molecule has 14 heavy (non-hydrogen) atoms. The lowest BCUT2D eigenvalue weighted by Crippen LogP contribution is -2.14. The van der Waals surface area contributed by atoms with Crippen LogP contribution in [0.4, 0.5) is 0 Å². The Kier molecular flexibility index (Phi) is 3.12. The lowest BCUT2D eigenvalue weighted by atomic mass is 10.1. The third-order valence-corrected chi connectivity index (χ3v) is 1.97. The first-order valence-corrected chi connectivity index (χ1v) is 4.60. The molecule has 3 heteroatoms. The van der Waals surface area contributed by atoms with Crippen LogP contribution < -0.4 is 10.5 Å². The zero-order valence-electron chi connectivity index (χ0n) is 8.76. The Morgan fingerprint density at radius 1 is 1.43 bits per heavy atom. The Morgan fingerprint density at radius 3 is 2.57 bits per heavy atom. The van der Waals surface area contributed by atoms with E-state index in [1.807, 2.05) is 26.8 Å². The maximum atomic E-state index is 11.1. The molecule has 76 valence electrons. The standard InChI is InChI=1S/C11H15NO2/c1-4-14-10-8(3)5-7(2)6-9(10)11(12)13/h5-6H,4H2,1-3H3,(H2,12,13). The predicted molar refractivity (Wildman–Crippen MR) is 55.6 cm³/mol. The summed E-state index contributed by atoms with van der Waals surface area (Å²) in [5, 5.41) is 0. The second-order valence-electron chi connectivity index (χ2n) is 3.26. The summed E-state index contributed by atoms with van der Waals surface area (Å²) >= 11 is 0. The van der Waals surface area contributed by atoms with E-state index >= 15 is 0 Å². The van der Waals surface area contributed by atoms with Crippen LogP contribution in [0, 0.1) is 13.8 Å². The molecule has 0 fully saturated rings. The first-order chi connectivity index (χ1) is 6.56. The molecular formula is C11H15NO2. The van der Waals surface area contributed by atoms with Crippen molar-refractivity contribution in [3.05, 3.63) is 28.8 Å². The van der Waals surface area contributed by atoms with Crippen molar-refractivity contribution in [2.45, 2.75) is 20.8 Å². The molecule has 0 radical (unpaired) electrons. The van der Waals surface area contributed by atoms with Gasteiger partial charge in [0.15, 0.2) is 0 Å². The molecule has 1 aromatic rings. The Bertz CT molecular complexity index is 359. The number of carbonyl (C=O) groups excluding carboxylic acids is 1. The molecule has 0 bridgehead atoms. The summed E-state index contributed by atoms with van der Waals surface area (Å²) in [6.07, 6.45) is 0. The quantitative estimate of drug-likeness (QED) is 0.795. The SMILES string of the molecule is CCOc1c(C)cc(C)cc1C(N)=O. The number of hydrogen-bond acceptors (Lipinski definition) is 2. The molecule has 0 aliphatic carbocycles. The molecule has 1 rings (SSSR count). The van der Waals surface area contributed by atoms with E-state index in [4.69, 9.17) is 10.5 Å². The van der Waals surface area contributed by atoms with Crippen molar-refractivity contribution in [3.63, 3.8) is 0 Å². The summed E-state index contributed by atoms with van der Waals surface area (Å²) in [7, 11) is 0. The van der Waals surface area contributed by atoms with Crippen LogP contribution in [0.1, 0.15) is 28.4 Å². The highest BCUT2D eigenvalue weighted by atomic mass is 16.5. The van der Waals surface area contributed by atoms with E-state index in [0.29, 0.717) is 17.9 Å². The zero-order chi connectivity index (χ0) is 10.7. The second kappa shape index (κ2) is 4.13. The fourth-order valence-corrected chi connectivity index (χ4v) is 1.47. The van der Waals surface area contributed by atoms with Crippen LogP contribution in [0.2, 0.25) is 0 Å². The monoisotopic (exact) mass is 193 g/mol. The average Bonchev–Trinajstić information content (AvgIpc) is 2.09. The van der Waals surface area contributed by atoms with Crippen molar-refractivity contribution < 1.29 is 9.53 Å². The lowest BCUT2D eigenvalue weighted by Gasteiger charge is -2.11. The molecule has 0 saturated heterocycles. The van der Waals surface area contributed by atoms with Gasteiger partial charge >= 0.3 is 0 Å². The summed E-state index contributed by atoms with van der Waals surface area (Å²) in [6, 6.07) is 3.72. The Labute approximate surface area is 83.9 Å². The number of primary amides is 1. The van der Waals surface area contributed by atoms with Crippen LogP contribution in [-0.2, 0) is 0 Å². The van der Waals surface area contributed by atoms with Gasteiger partial charge in [0.1, 0.15) is 5.75 Å². The molecule has 2 N–H and O–H groups in total. The number of aryl methyl sites for hydroxylation is 2. The molecule has 0 saturated carbocycles. The number of ether oxygens (including phenoxy) is 1. The van der Waals surface area contributed by atoms with E-state index in [9.17, 15) is 4.79 Å². The molecule has 0 atom stereocenters. The van der Waals surface area contributed by atoms with Crippen molar-refractivity contribution in [3.8, 4) is 5.75 Å². The van der Waals surface area contributed by atoms with Gasteiger partial charge in [-0.2, -0.15) is 0 Å². The van der Waals surface area contributed by atoms with Gasteiger partial charge in [-0.25, -0.2) is 0 Å². The van der Waals surface area contributed by atoms with Crippen LogP contribution >= 0.6 is 0 Å². The minimum absolute atomic E-state index is 0.444. The Balaban J connectivity index is 3.28. The van der Waals surface area contributed by atoms with Crippen molar-refractivity contribution in [1.82, 2.24) is 0 Å². The van der Waals surface area contributed by atoms with E-state index in [1.54, 1.807) is 6.07 Å². The number of amides is 1. The van der Waals surface area contributed by atoms with Gasteiger partial charge in [-0.05, 0) is 38.0 Å². The fraction of sp³-hybridized carbons (Fsp3) is 0.364. The van der Waals surface area contributed by atoms with Gasteiger partial charge in [-0.3, -0.25) is 4.79 Å². The van der Waals surface area contributed by atoms with Crippen LogP contribution in [0.15, 0.2) is 12.1 Å². The van der Waals surface area contributed by atoms with Gasteiger partial charge in [0.05, 0.1) is 12.2 Å². The summed E-state index contributed by atoms with van der Waals surface area (Å²) in [5.74, 6) is 0.158. The minimum Gasteiger partial charge on any atom is -0.493 e. The van der Waals surface area contributed by atoms with Crippen LogP contribution in [0.3, 0.4) is 0 Å². The predicted octanol–water partition coefficient (Wildman–Crippen LogP) is 1.80. The van der Waals surface area contributed by atoms with Crippen molar-refractivity contribution in [2.75, 3.05) is 6.61 Å². The minimum atomic E-state index is -0.444. The van der Waals surface area contributed by atoms with E-state index < -0.39 is 5.91 Å². The molecule has 0 aliphatic rings. The number of rotatable bonds is 3. The molecule has 1 aromatic carbocycles. The summed E-state index contributed by atoms with van der Waals surface area (Å²) in [4.78, 5) is 11.1. The Hall–Kier alpha value is -1.51. The fourth-order valence-electron chi connectivity index (χ4n) is 1.47. The largest absolute Gasteiger partial charge is 0.493 e. The highest BCUT2D eigenvalue weighted by Gasteiger charge is 2.12. The second-order valence-corrected chi connectivity index (χ2v) is 3.26. The molecule has 3 nitrogen and oxygen atoms in total. The highest BCUT2D eigenvalue weighted by Crippen LogP contribution is 2.24. The van der Waals surface area contributed by atoms with Gasteiger partial charge in [0.2, 0.25) is 0 Å². The van der Waals surface area contributed by atoms with Crippen LogP contribution in [-0.4, -0.2) is 12.5 Å². The normalized spacial score (nSPS) is 9.93. The number of carbonyl (C=O) groups is 1. The molecular weight excluding hydrogens is 178 g/mol. The highest BCUT2D eigenvalue weighted by molar-refractivity contribution is 5.96. The molecule has 0 aliphatic heterocycles. The van der Waals surface area contributed by atoms with E-state index in [-0.39, 0.29) is 0 Å². The van der Waals surface area contributed by atoms with E-state index in [1.165, 1.54) is 0 Å². The smallest absolute Gasteiger partial charge is 0.252 e. The summed E-state index contributed by atoms with van der Waals surface area (Å²) in [5.41, 5.74) is 7.68. The molecule has 0 heterocycles. The first kappa shape index (κ1) is 10.6.